The van der Waals surface area contributed by atoms with Gasteiger partial charge >= 0.3 is 5.97 Å². The van der Waals surface area contributed by atoms with Crippen molar-refractivity contribution in [2.45, 2.75) is 38.7 Å². The number of benzene rings is 1. The monoisotopic (exact) mass is 222 g/mol. The Labute approximate surface area is 95.7 Å². The van der Waals surface area contributed by atoms with Crippen LogP contribution in [0, 0.1) is 0 Å². The van der Waals surface area contributed by atoms with Crippen molar-refractivity contribution in [1.82, 2.24) is 0 Å². The highest BCUT2D eigenvalue weighted by molar-refractivity contribution is 5.72. The molecule has 0 saturated heterocycles. The molecule has 0 amide bonds. The summed E-state index contributed by atoms with van der Waals surface area (Å²) in [6.45, 7) is 6.29. The van der Waals surface area contributed by atoms with Gasteiger partial charge in [-0.3, -0.25) is 0 Å². The fraction of sp³-hybridized carbons (Fsp3) is 0.462. The number of carbonyl (C=O) groups is 1. The quantitative estimate of drug-likeness (QED) is 0.822. The predicted molar refractivity (Wildman–Crippen MR) is 62.5 cm³/mol. The van der Waals surface area contributed by atoms with E-state index >= 15 is 0 Å². The van der Waals surface area contributed by atoms with Crippen molar-refractivity contribution < 1.29 is 15.0 Å². The zero-order valence-electron chi connectivity index (χ0n) is 9.90. The molecule has 0 saturated carbocycles. The summed E-state index contributed by atoms with van der Waals surface area (Å²) >= 11 is 0. The normalized spacial score (nSPS) is 13.5. The topological polar surface area (TPSA) is 57.5 Å². The molecule has 3 nitrogen and oxygen atoms in total. The second kappa shape index (κ2) is 4.66. The Hall–Kier alpha value is -1.35. The average Bonchev–Trinajstić information content (AvgIpc) is 2.16. The zero-order valence-corrected chi connectivity index (χ0v) is 9.90. The first-order chi connectivity index (χ1) is 7.30. The molecule has 0 spiro atoms. The minimum Gasteiger partial charge on any atom is -0.479 e. The molecule has 0 heterocycles. The molecule has 1 rings (SSSR count). The zero-order chi connectivity index (χ0) is 12.3. The van der Waals surface area contributed by atoms with Crippen LogP contribution in [0.15, 0.2) is 24.3 Å². The fourth-order valence-electron chi connectivity index (χ4n) is 1.48. The van der Waals surface area contributed by atoms with Crippen LogP contribution in [0.25, 0.3) is 0 Å². The van der Waals surface area contributed by atoms with E-state index in [1.807, 2.05) is 24.3 Å². The number of carboxylic acid groups (broad SMARTS) is 1. The van der Waals surface area contributed by atoms with Gasteiger partial charge in [0.2, 0.25) is 0 Å². The van der Waals surface area contributed by atoms with E-state index in [4.69, 9.17) is 5.11 Å². The summed E-state index contributed by atoms with van der Waals surface area (Å²) in [5.74, 6) is -1.18. The van der Waals surface area contributed by atoms with Crippen LogP contribution in [0.4, 0.5) is 0 Å². The van der Waals surface area contributed by atoms with Gasteiger partial charge in [0.15, 0.2) is 6.10 Å². The molecule has 88 valence electrons. The average molecular weight is 222 g/mol. The Balaban J connectivity index is 2.87. The van der Waals surface area contributed by atoms with Crippen LogP contribution in [-0.4, -0.2) is 22.3 Å². The Kier molecular flexibility index (Phi) is 3.70. The van der Waals surface area contributed by atoms with Crippen LogP contribution in [0.1, 0.15) is 31.9 Å². The smallest absolute Gasteiger partial charge is 0.332 e. The number of carboxylic acids is 1. The van der Waals surface area contributed by atoms with Crippen LogP contribution >= 0.6 is 0 Å². The van der Waals surface area contributed by atoms with Gasteiger partial charge in [0, 0.05) is 6.42 Å². The number of hydrogen-bond donors (Lipinski definition) is 2. The van der Waals surface area contributed by atoms with Crippen LogP contribution in [0.5, 0.6) is 0 Å². The van der Waals surface area contributed by atoms with Crippen molar-refractivity contribution in [2.75, 3.05) is 0 Å². The van der Waals surface area contributed by atoms with E-state index < -0.39 is 12.1 Å². The molecule has 16 heavy (non-hydrogen) atoms. The molecular weight excluding hydrogens is 204 g/mol. The molecule has 1 atom stereocenters. The second-order valence-corrected chi connectivity index (χ2v) is 5.01. The minimum absolute atomic E-state index is 0.0319. The van der Waals surface area contributed by atoms with E-state index in [1.54, 1.807) is 0 Å². The first-order valence-electron chi connectivity index (χ1n) is 5.31. The van der Waals surface area contributed by atoms with Gasteiger partial charge in [0.05, 0.1) is 0 Å². The largest absolute Gasteiger partial charge is 0.479 e. The highest BCUT2D eigenvalue weighted by Gasteiger charge is 2.17. The lowest BCUT2D eigenvalue weighted by Gasteiger charge is -2.20. The third-order valence-electron chi connectivity index (χ3n) is 2.51. The van der Waals surface area contributed by atoms with Gasteiger partial charge in [-0.1, -0.05) is 45.0 Å². The molecule has 0 bridgehead atoms. The Morgan fingerprint density at radius 2 is 2.00 bits per heavy atom. The summed E-state index contributed by atoms with van der Waals surface area (Å²) in [5.41, 5.74) is 2.02. The van der Waals surface area contributed by atoms with E-state index in [9.17, 15) is 9.90 Å². The summed E-state index contributed by atoms with van der Waals surface area (Å²) in [5, 5.41) is 17.9. The van der Waals surface area contributed by atoms with Gasteiger partial charge in [-0.2, -0.15) is 0 Å². The standard InChI is InChI=1S/C13H18O3/c1-13(2,3)10-6-4-5-9(7-10)8-11(14)12(15)16/h4-7,11,14H,8H2,1-3H3,(H,15,16). The molecular formula is C13H18O3. The molecule has 1 aromatic rings. The lowest BCUT2D eigenvalue weighted by Crippen LogP contribution is -2.22. The number of aliphatic carboxylic acids is 1. The van der Waals surface area contributed by atoms with Gasteiger partial charge < -0.3 is 10.2 Å². The van der Waals surface area contributed by atoms with Crippen molar-refractivity contribution in [2.24, 2.45) is 0 Å². The third-order valence-corrected chi connectivity index (χ3v) is 2.51. The second-order valence-electron chi connectivity index (χ2n) is 5.01. The molecule has 1 unspecified atom stereocenters. The van der Waals surface area contributed by atoms with Crippen LogP contribution in [0.2, 0.25) is 0 Å². The first kappa shape index (κ1) is 12.7. The van der Waals surface area contributed by atoms with Gasteiger partial charge in [-0.25, -0.2) is 4.79 Å². The van der Waals surface area contributed by atoms with Crippen molar-refractivity contribution in [3.05, 3.63) is 35.4 Å². The summed E-state index contributed by atoms with van der Waals surface area (Å²) in [6.07, 6.45) is -1.17. The first-order valence-corrected chi connectivity index (χ1v) is 5.31. The van der Waals surface area contributed by atoms with Crippen molar-refractivity contribution in [3.63, 3.8) is 0 Å². The summed E-state index contributed by atoms with van der Waals surface area (Å²) in [6, 6.07) is 7.69. The van der Waals surface area contributed by atoms with Gasteiger partial charge in [0.25, 0.3) is 0 Å². The Bertz CT molecular complexity index is 377. The van der Waals surface area contributed by atoms with Gasteiger partial charge in [-0.05, 0) is 16.5 Å². The highest BCUT2D eigenvalue weighted by atomic mass is 16.4. The maximum absolute atomic E-state index is 10.5. The lowest BCUT2D eigenvalue weighted by molar-refractivity contribution is -0.146. The third kappa shape index (κ3) is 3.35. The Morgan fingerprint density at radius 3 is 2.50 bits per heavy atom. The van der Waals surface area contributed by atoms with Crippen molar-refractivity contribution in [1.29, 1.82) is 0 Å². The van der Waals surface area contributed by atoms with Crippen molar-refractivity contribution >= 4 is 5.97 Å². The summed E-state index contributed by atoms with van der Waals surface area (Å²) in [4.78, 5) is 10.5. The number of aliphatic hydroxyl groups is 1. The summed E-state index contributed by atoms with van der Waals surface area (Å²) in [7, 11) is 0. The van der Waals surface area contributed by atoms with Crippen LogP contribution < -0.4 is 0 Å². The van der Waals surface area contributed by atoms with E-state index in [2.05, 4.69) is 20.8 Å². The molecule has 2 N–H and O–H groups in total. The lowest BCUT2D eigenvalue weighted by atomic mass is 9.86. The van der Waals surface area contributed by atoms with Gasteiger partial charge in [-0.15, -0.1) is 0 Å². The summed E-state index contributed by atoms with van der Waals surface area (Å²) < 4.78 is 0. The van der Waals surface area contributed by atoms with Crippen LogP contribution in [0.3, 0.4) is 0 Å². The minimum atomic E-state index is -1.32. The molecule has 3 heteroatoms. The molecule has 0 radical (unpaired) electrons. The Morgan fingerprint density at radius 1 is 1.38 bits per heavy atom. The highest BCUT2D eigenvalue weighted by Crippen LogP contribution is 2.23. The SMILES string of the molecule is CC(C)(C)c1cccc(CC(O)C(=O)O)c1. The predicted octanol–water partition coefficient (Wildman–Crippen LogP) is 1.97. The number of rotatable bonds is 3. The molecule has 0 aliphatic carbocycles. The molecule has 0 aliphatic rings. The molecule has 0 aliphatic heterocycles. The maximum Gasteiger partial charge on any atom is 0.332 e. The molecule has 0 fully saturated rings. The van der Waals surface area contributed by atoms with Crippen molar-refractivity contribution in [3.8, 4) is 0 Å². The number of aliphatic hydroxyl groups excluding tert-OH is 1. The number of hydrogen-bond acceptors (Lipinski definition) is 2. The van der Waals surface area contributed by atoms with E-state index in [-0.39, 0.29) is 11.8 Å². The van der Waals surface area contributed by atoms with Crippen LogP contribution in [-0.2, 0) is 16.6 Å². The molecule has 0 aromatic heterocycles. The maximum atomic E-state index is 10.5. The van der Waals surface area contributed by atoms with E-state index in [1.165, 1.54) is 0 Å². The van der Waals surface area contributed by atoms with Gasteiger partial charge in [0.1, 0.15) is 0 Å². The molecule has 1 aromatic carbocycles. The van der Waals surface area contributed by atoms with E-state index in [0.29, 0.717) is 0 Å². The fourth-order valence-corrected chi connectivity index (χ4v) is 1.48. The van der Waals surface area contributed by atoms with E-state index in [0.717, 1.165) is 11.1 Å².